The number of aryl methyl sites for hydroxylation is 1. The molecule has 16 heavy (non-hydrogen) atoms. The zero-order chi connectivity index (χ0) is 11.9. The van der Waals surface area contributed by atoms with Gasteiger partial charge in [0.15, 0.2) is 17.3 Å². The van der Waals surface area contributed by atoms with E-state index < -0.39 is 17.1 Å². The molecule has 1 aromatic carbocycles. The molecule has 0 radical (unpaired) electrons. The Labute approximate surface area is 93.9 Å². The van der Waals surface area contributed by atoms with Gasteiger partial charge in [0.2, 0.25) is 0 Å². The van der Waals surface area contributed by atoms with E-state index in [-0.39, 0.29) is 5.75 Å². The zero-order valence-corrected chi connectivity index (χ0v) is 9.47. The van der Waals surface area contributed by atoms with Crippen molar-refractivity contribution in [1.82, 2.24) is 5.32 Å². The molecule has 0 aliphatic carbocycles. The summed E-state index contributed by atoms with van der Waals surface area (Å²) in [6, 6.07) is 1.60. The second-order valence-electron chi connectivity index (χ2n) is 4.61. The van der Waals surface area contributed by atoms with Crippen molar-refractivity contribution in [3.05, 3.63) is 23.0 Å². The van der Waals surface area contributed by atoms with E-state index in [9.17, 15) is 14.6 Å². The first-order valence-corrected chi connectivity index (χ1v) is 5.42. The Morgan fingerprint density at radius 3 is 2.62 bits per heavy atom. The van der Waals surface area contributed by atoms with Crippen LogP contribution in [0.1, 0.15) is 30.9 Å². The van der Waals surface area contributed by atoms with Crippen LogP contribution in [0.2, 0.25) is 0 Å². The van der Waals surface area contributed by atoms with Gasteiger partial charge in [-0.15, -0.1) is 0 Å². The van der Waals surface area contributed by atoms with Gasteiger partial charge in [0.05, 0.1) is 0 Å². The molecule has 1 atom stereocenters. The van der Waals surface area contributed by atoms with Crippen molar-refractivity contribution in [3.8, 4) is 11.5 Å². The Hall–Kier alpha value is -1.29. The van der Waals surface area contributed by atoms with Gasteiger partial charge in [-0.25, -0.2) is 4.39 Å². The van der Waals surface area contributed by atoms with Crippen molar-refractivity contribution in [1.29, 1.82) is 0 Å². The van der Waals surface area contributed by atoms with Crippen LogP contribution in [0.15, 0.2) is 6.07 Å². The summed E-state index contributed by atoms with van der Waals surface area (Å²) < 4.78 is 13.9. The molecule has 1 aliphatic rings. The summed E-state index contributed by atoms with van der Waals surface area (Å²) in [5, 5.41) is 22.1. The van der Waals surface area contributed by atoms with Crippen LogP contribution in [0.25, 0.3) is 0 Å². The lowest BCUT2D eigenvalue weighted by Gasteiger charge is -2.26. The molecule has 1 aliphatic heterocycles. The van der Waals surface area contributed by atoms with Crippen molar-refractivity contribution in [2.45, 2.75) is 32.2 Å². The molecule has 0 spiro atoms. The van der Waals surface area contributed by atoms with E-state index >= 15 is 0 Å². The van der Waals surface area contributed by atoms with E-state index in [1.54, 1.807) is 13.0 Å². The first-order valence-electron chi connectivity index (χ1n) is 5.42. The van der Waals surface area contributed by atoms with Crippen molar-refractivity contribution in [3.63, 3.8) is 0 Å². The van der Waals surface area contributed by atoms with Crippen LogP contribution < -0.4 is 5.32 Å². The highest BCUT2D eigenvalue weighted by atomic mass is 19.1. The summed E-state index contributed by atoms with van der Waals surface area (Å²) in [4.78, 5) is 0. The van der Waals surface area contributed by atoms with Gasteiger partial charge in [-0.3, -0.25) is 0 Å². The Balaban J connectivity index is 2.57. The van der Waals surface area contributed by atoms with E-state index in [0.717, 1.165) is 19.4 Å². The fraction of sp³-hybridized carbons (Fsp3) is 0.500. The average Bonchev–Trinajstić information content (AvgIpc) is 2.68. The van der Waals surface area contributed by atoms with Gasteiger partial charge in [0, 0.05) is 11.1 Å². The molecule has 4 heteroatoms. The molecule has 1 heterocycles. The minimum atomic E-state index is -0.722. The van der Waals surface area contributed by atoms with E-state index in [1.807, 2.05) is 6.92 Å². The molecule has 1 saturated heterocycles. The van der Waals surface area contributed by atoms with Crippen molar-refractivity contribution in [2.24, 2.45) is 0 Å². The summed E-state index contributed by atoms with van der Waals surface area (Å²) >= 11 is 0. The van der Waals surface area contributed by atoms with E-state index in [4.69, 9.17) is 0 Å². The van der Waals surface area contributed by atoms with Crippen molar-refractivity contribution < 1.29 is 14.6 Å². The standard InChI is InChI=1S/C12H16FNO2/c1-7-6-8(9(13)11(16)10(7)15)12(2)4-3-5-14-12/h6,14-16H,3-5H2,1-2H3. The second-order valence-corrected chi connectivity index (χ2v) is 4.61. The maximum absolute atomic E-state index is 13.9. The van der Waals surface area contributed by atoms with Crippen molar-refractivity contribution in [2.75, 3.05) is 6.54 Å². The van der Waals surface area contributed by atoms with Crippen molar-refractivity contribution >= 4 is 0 Å². The molecule has 3 nitrogen and oxygen atoms in total. The first kappa shape index (κ1) is 11.2. The number of hydrogen-bond acceptors (Lipinski definition) is 3. The monoisotopic (exact) mass is 225 g/mol. The second kappa shape index (κ2) is 3.63. The van der Waals surface area contributed by atoms with Gasteiger partial charge in [-0.05, 0) is 44.9 Å². The van der Waals surface area contributed by atoms with Crippen LogP contribution in [0.4, 0.5) is 4.39 Å². The molecular formula is C12H16FNO2. The van der Waals surface area contributed by atoms with E-state index in [1.165, 1.54) is 0 Å². The quantitative estimate of drug-likeness (QED) is 0.642. The molecule has 0 bridgehead atoms. The summed E-state index contributed by atoms with van der Waals surface area (Å²) in [5.74, 6) is -1.74. The molecule has 1 unspecified atom stereocenters. The number of phenolic OH excluding ortho intramolecular Hbond substituents is 2. The Kier molecular flexibility index (Phi) is 2.54. The number of aromatic hydroxyl groups is 2. The number of rotatable bonds is 1. The lowest BCUT2D eigenvalue weighted by Crippen LogP contribution is -2.34. The number of hydrogen-bond donors (Lipinski definition) is 3. The highest BCUT2D eigenvalue weighted by molar-refractivity contribution is 5.50. The predicted octanol–water partition coefficient (Wildman–Crippen LogP) is 2.14. The molecular weight excluding hydrogens is 209 g/mol. The molecule has 1 fully saturated rings. The summed E-state index contributed by atoms with van der Waals surface area (Å²) in [5.41, 5.74) is 0.474. The highest BCUT2D eigenvalue weighted by Gasteiger charge is 2.34. The predicted molar refractivity (Wildman–Crippen MR) is 59.1 cm³/mol. The molecule has 1 aromatic rings. The third-order valence-electron chi connectivity index (χ3n) is 3.37. The Bertz CT molecular complexity index is 426. The average molecular weight is 225 g/mol. The number of halogens is 1. The molecule has 0 amide bonds. The minimum absolute atomic E-state index is 0.372. The maximum atomic E-state index is 13.9. The zero-order valence-electron chi connectivity index (χ0n) is 9.47. The van der Waals surface area contributed by atoms with Crippen LogP contribution in [0.5, 0.6) is 11.5 Å². The fourth-order valence-corrected chi connectivity index (χ4v) is 2.29. The van der Waals surface area contributed by atoms with Gasteiger partial charge in [0.25, 0.3) is 0 Å². The number of benzene rings is 1. The van der Waals surface area contributed by atoms with Crippen LogP contribution in [0, 0.1) is 12.7 Å². The smallest absolute Gasteiger partial charge is 0.194 e. The van der Waals surface area contributed by atoms with Crippen LogP contribution in [0.3, 0.4) is 0 Å². The normalized spacial score (nSPS) is 24.9. The summed E-state index contributed by atoms with van der Waals surface area (Å²) in [6.07, 6.45) is 1.81. The molecule has 88 valence electrons. The largest absolute Gasteiger partial charge is 0.504 e. The first-order chi connectivity index (χ1) is 7.46. The SMILES string of the molecule is Cc1cc(C2(C)CCCN2)c(F)c(O)c1O. The van der Waals surface area contributed by atoms with Gasteiger partial charge in [0.1, 0.15) is 0 Å². The van der Waals surface area contributed by atoms with Gasteiger partial charge in [-0.2, -0.15) is 0 Å². The number of phenols is 2. The highest BCUT2D eigenvalue weighted by Crippen LogP contribution is 2.40. The Morgan fingerprint density at radius 2 is 2.06 bits per heavy atom. The molecule has 3 N–H and O–H groups in total. The summed E-state index contributed by atoms with van der Waals surface area (Å²) in [6.45, 7) is 4.40. The van der Waals surface area contributed by atoms with E-state index in [2.05, 4.69) is 5.32 Å². The minimum Gasteiger partial charge on any atom is -0.504 e. The molecule has 0 saturated carbocycles. The number of nitrogens with one attached hydrogen (secondary N) is 1. The van der Waals surface area contributed by atoms with Gasteiger partial charge < -0.3 is 15.5 Å². The molecule has 0 aromatic heterocycles. The fourth-order valence-electron chi connectivity index (χ4n) is 2.29. The molecule has 2 rings (SSSR count). The lowest BCUT2D eigenvalue weighted by molar-refractivity contribution is 0.355. The topological polar surface area (TPSA) is 52.5 Å². The van der Waals surface area contributed by atoms with Crippen LogP contribution >= 0.6 is 0 Å². The lowest BCUT2D eigenvalue weighted by atomic mass is 9.88. The van der Waals surface area contributed by atoms with Crippen LogP contribution in [-0.4, -0.2) is 16.8 Å². The van der Waals surface area contributed by atoms with Crippen LogP contribution in [-0.2, 0) is 5.54 Å². The third kappa shape index (κ3) is 1.53. The van der Waals surface area contributed by atoms with Gasteiger partial charge in [-0.1, -0.05) is 0 Å². The third-order valence-corrected chi connectivity index (χ3v) is 3.37. The van der Waals surface area contributed by atoms with Gasteiger partial charge >= 0.3 is 0 Å². The maximum Gasteiger partial charge on any atom is 0.194 e. The summed E-state index contributed by atoms with van der Waals surface area (Å²) in [7, 11) is 0. The van der Waals surface area contributed by atoms with E-state index in [0.29, 0.717) is 11.1 Å². The Morgan fingerprint density at radius 1 is 1.38 bits per heavy atom.